The lowest BCUT2D eigenvalue weighted by atomic mass is 9.89. The van der Waals surface area contributed by atoms with E-state index in [-0.39, 0.29) is 12.3 Å². The second-order valence-corrected chi connectivity index (χ2v) is 6.55. The number of rotatable bonds is 7. The lowest BCUT2D eigenvalue weighted by Gasteiger charge is -2.31. The third-order valence-electron chi connectivity index (χ3n) is 4.06. The van der Waals surface area contributed by atoms with Crippen molar-refractivity contribution in [3.8, 4) is 10.6 Å². The zero-order valence-electron chi connectivity index (χ0n) is 13.5. The Labute approximate surface area is 143 Å². The first-order chi connectivity index (χ1) is 11.4. The summed E-state index contributed by atoms with van der Waals surface area (Å²) < 4.78 is 13.8. The van der Waals surface area contributed by atoms with Crippen LogP contribution in [0.4, 0.5) is 4.39 Å². The number of hydrogen-bond donors (Lipinski definition) is 2. The Morgan fingerprint density at radius 3 is 2.54 bits per heavy atom. The van der Waals surface area contributed by atoms with Crippen molar-refractivity contribution < 1.29 is 19.1 Å². The van der Waals surface area contributed by atoms with Crippen LogP contribution in [0.3, 0.4) is 0 Å². The summed E-state index contributed by atoms with van der Waals surface area (Å²) in [4.78, 5) is 28.0. The van der Waals surface area contributed by atoms with E-state index in [2.05, 4.69) is 10.3 Å². The lowest BCUT2D eigenvalue weighted by Crippen LogP contribution is -2.48. The van der Waals surface area contributed by atoms with Crippen molar-refractivity contribution in [2.45, 2.75) is 38.6 Å². The maximum atomic E-state index is 13.8. The summed E-state index contributed by atoms with van der Waals surface area (Å²) in [7, 11) is 0. The van der Waals surface area contributed by atoms with E-state index in [1.165, 1.54) is 12.3 Å². The zero-order chi connectivity index (χ0) is 17.7. The van der Waals surface area contributed by atoms with Crippen molar-refractivity contribution in [1.29, 1.82) is 0 Å². The average Bonchev–Trinajstić information content (AvgIpc) is 3.04. The van der Waals surface area contributed by atoms with Gasteiger partial charge in [-0.2, -0.15) is 0 Å². The zero-order valence-corrected chi connectivity index (χ0v) is 14.3. The SMILES string of the molecule is CCC(CC)(CC(=O)O)NC(=O)c1cnc(-c2ccccc2F)s1. The summed E-state index contributed by atoms with van der Waals surface area (Å²) in [6.07, 6.45) is 2.24. The number of carboxylic acids is 1. The number of aromatic nitrogens is 1. The Bertz CT molecular complexity index is 741. The number of aliphatic carboxylic acids is 1. The standard InChI is InChI=1S/C17H19FN2O3S/c1-3-17(4-2,9-14(21)22)20-15(23)13-10-19-16(24-13)11-7-5-6-8-12(11)18/h5-8,10H,3-4,9H2,1-2H3,(H,20,23)(H,21,22). The molecule has 1 heterocycles. The number of carbonyl (C=O) groups is 2. The van der Waals surface area contributed by atoms with Gasteiger partial charge >= 0.3 is 5.97 Å². The second-order valence-electron chi connectivity index (χ2n) is 5.52. The normalized spacial score (nSPS) is 11.3. The highest BCUT2D eigenvalue weighted by Gasteiger charge is 2.31. The number of carboxylic acid groups (broad SMARTS) is 1. The molecule has 2 rings (SSSR count). The van der Waals surface area contributed by atoms with Crippen LogP contribution in [0.25, 0.3) is 10.6 Å². The summed E-state index contributed by atoms with van der Waals surface area (Å²) in [5.41, 5.74) is -0.463. The summed E-state index contributed by atoms with van der Waals surface area (Å²) in [6.45, 7) is 3.67. The highest BCUT2D eigenvalue weighted by atomic mass is 32.1. The maximum Gasteiger partial charge on any atom is 0.305 e. The minimum absolute atomic E-state index is 0.148. The van der Waals surface area contributed by atoms with Crippen LogP contribution in [0.1, 0.15) is 42.8 Å². The van der Waals surface area contributed by atoms with E-state index in [0.717, 1.165) is 11.3 Å². The molecule has 1 aromatic carbocycles. The van der Waals surface area contributed by atoms with Crippen molar-refractivity contribution in [1.82, 2.24) is 10.3 Å². The number of nitrogens with one attached hydrogen (secondary N) is 1. The molecule has 0 radical (unpaired) electrons. The molecule has 0 spiro atoms. The molecule has 2 aromatic rings. The Morgan fingerprint density at radius 1 is 1.29 bits per heavy atom. The molecule has 0 saturated carbocycles. The van der Waals surface area contributed by atoms with Gasteiger partial charge in [-0.25, -0.2) is 9.37 Å². The molecule has 0 fully saturated rings. The fourth-order valence-electron chi connectivity index (χ4n) is 2.45. The Kier molecular flexibility index (Phi) is 5.66. The predicted molar refractivity (Wildman–Crippen MR) is 90.5 cm³/mol. The molecule has 0 aliphatic carbocycles. The lowest BCUT2D eigenvalue weighted by molar-refractivity contribution is -0.138. The van der Waals surface area contributed by atoms with E-state index in [9.17, 15) is 14.0 Å². The number of hydrogen-bond acceptors (Lipinski definition) is 4. The molecule has 5 nitrogen and oxygen atoms in total. The van der Waals surface area contributed by atoms with E-state index < -0.39 is 17.3 Å². The number of benzene rings is 1. The van der Waals surface area contributed by atoms with Gasteiger partial charge in [0.15, 0.2) is 0 Å². The molecule has 0 saturated heterocycles. The van der Waals surface area contributed by atoms with Crippen molar-refractivity contribution in [3.05, 3.63) is 41.2 Å². The molecule has 1 amide bonds. The van der Waals surface area contributed by atoms with Crippen molar-refractivity contribution in [3.63, 3.8) is 0 Å². The monoisotopic (exact) mass is 350 g/mol. The molecule has 2 N–H and O–H groups in total. The van der Waals surface area contributed by atoms with Crippen molar-refractivity contribution >= 4 is 23.2 Å². The third-order valence-corrected chi connectivity index (χ3v) is 5.09. The Balaban J connectivity index is 2.22. The van der Waals surface area contributed by atoms with Crippen LogP contribution < -0.4 is 5.32 Å². The number of carbonyl (C=O) groups excluding carboxylic acids is 1. The van der Waals surface area contributed by atoms with Gasteiger partial charge in [-0.3, -0.25) is 9.59 Å². The van der Waals surface area contributed by atoms with E-state index in [1.54, 1.807) is 18.2 Å². The molecule has 0 unspecified atom stereocenters. The predicted octanol–water partition coefficient (Wildman–Crippen LogP) is 3.71. The summed E-state index contributed by atoms with van der Waals surface area (Å²) in [5.74, 6) is -1.75. The first kappa shape index (κ1) is 18.1. The topological polar surface area (TPSA) is 79.3 Å². The Morgan fingerprint density at radius 2 is 1.96 bits per heavy atom. The van der Waals surface area contributed by atoms with Gasteiger partial charge in [0, 0.05) is 5.56 Å². The molecule has 0 aliphatic rings. The first-order valence-electron chi connectivity index (χ1n) is 7.66. The van der Waals surface area contributed by atoms with Gasteiger partial charge in [0.2, 0.25) is 0 Å². The molecule has 128 valence electrons. The van der Waals surface area contributed by atoms with Crippen molar-refractivity contribution in [2.75, 3.05) is 0 Å². The summed E-state index contributed by atoms with van der Waals surface area (Å²) in [5, 5.41) is 12.3. The molecular formula is C17H19FN2O3S. The fraction of sp³-hybridized carbons (Fsp3) is 0.353. The Hall–Kier alpha value is -2.28. The van der Waals surface area contributed by atoms with Crippen LogP contribution >= 0.6 is 11.3 Å². The van der Waals surface area contributed by atoms with Crippen LogP contribution in [0.2, 0.25) is 0 Å². The maximum absolute atomic E-state index is 13.8. The van der Waals surface area contributed by atoms with Crippen LogP contribution in [0, 0.1) is 5.82 Å². The van der Waals surface area contributed by atoms with Crippen molar-refractivity contribution in [2.24, 2.45) is 0 Å². The summed E-state index contributed by atoms with van der Waals surface area (Å²) in [6, 6.07) is 6.22. The van der Waals surface area contributed by atoms with E-state index in [0.29, 0.717) is 28.3 Å². The van der Waals surface area contributed by atoms with Crippen LogP contribution in [0.5, 0.6) is 0 Å². The fourth-order valence-corrected chi connectivity index (χ4v) is 3.29. The minimum Gasteiger partial charge on any atom is -0.481 e. The summed E-state index contributed by atoms with van der Waals surface area (Å²) >= 11 is 1.08. The van der Waals surface area contributed by atoms with Crippen LogP contribution in [-0.2, 0) is 4.79 Å². The minimum atomic E-state index is -0.963. The quantitative estimate of drug-likeness (QED) is 0.798. The molecule has 1 aromatic heterocycles. The molecule has 0 atom stereocenters. The first-order valence-corrected chi connectivity index (χ1v) is 8.47. The van der Waals surface area contributed by atoms with Crippen LogP contribution in [0.15, 0.2) is 30.5 Å². The number of thiazole rings is 1. The molecule has 24 heavy (non-hydrogen) atoms. The van der Waals surface area contributed by atoms with E-state index in [1.807, 2.05) is 13.8 Å². The second kappa shape index (κ2) is 7.53. The van der Waals surface area contributed by atoms with Gasteiger partial charge in [-0.05, 0) is 25.0 Å². The van der Waals surface area contributed by atoms with Crippen LogP contribution in [-0.4, -0.2) is 27.5 Å². The van der Waals surface area contributed by atoms with Gasteiger partial charge in [-0.1, -0.05) is 26.0 Å². The molecule has 7 heteroatoms. The smallest absolute Gasteiger partial charge is 0.305 e. The van der Waals surface area contributed by atoms with Gasteiger partial charge in [0.05, 0.1) is 18.2 Å². The van der Waals surface area contributed by atoms with Gasteiger partial charge in [0.25, 0.3) is 5.91 Å². The average molecular weight is 350 g/mol. The number of amides is 1. The van der Waals surface area contributed by atoms with E-state index >= 15 is 0 Å². The van der Waals surface area contributed by atoms with Gasteiger partial charge in [-0.15, -0.1) is 11.3 Å². The highest BCUT2D eigenvalue weighted by molar-refractivity contribution is 7.16. The van der Waals surface area contributed by atoms with E-state index in [4.69, 9.17) is 5.11 Å². The molecule has 0 aliphatic heterocycles. The highest BCUT2D eigenvalue weighted by Crippen LogP contribution is 2.28. The number of nitrogens with zero attached hydrogens (tertiary/aromatic N) is 1. The molecule has 0 bridgehead atoms. The molecular weight excluding hydrogens is 331 g/mol. The van der Waals surface area contributed by atoms with Gasteiger partial charge < -0.3 is 10.4 Å². The third kappa shape index (κ3) is 3.97. The number of halogens is 1. The van der Waals surface area contributed by atoms with Gasteiger partial charge in [0.1, 0.15) is 15.7 Å². The largest absolute Gasteiger partial charge is 0.481 e.